The summed E-state index contributed by atoms with van der Waals surface area (Å²) in [6.45, 7) is 0. The third kappa shape index (κ3) is 4.41. The number of rotatable bonds is 2. The van der Waals surface area contributed by atoms with Crippen molar-refractivity contribution in [1.29, 1.82) is 0 Å². The maximum atomic E-state index is 13.5. The molecule has 5 aromatic carbocycles. The highest BCUT2D eigenvalue weighted by atomic mass is 19.4. The summed E-state index contributed by atoms with van der Waals surface area (Å²) in [5, 5.41) is 20.6. The Morgan fingerprint density at radius 3 is 0.727 bits per heavy atom. The van der Waals surface area contributed by atoms with Crippen LogP contribution in [0.25, 0.3) is 43.1 Å². The molecule has 0 saturated carbocycles. The van der Waals surface area contributed by atoms with E-state index in [1.165, 1.54) is 36.4 Å². The van der Waals surface area contributed by atoms with Gasteiger partial charge < -0.3 is 21.7 Å². The minimum Gasteiger partial charge on any atom is -0.398 e. The van der Waals surface area contributed by atoms with Gasteiger partial charge in [-0.05, 0) is 104 Å². The monoisotopic (exact) mass is 640 g/mol. The van der Waals surface area contributed by atoms with E-state index in [1.54, 1.807) is 0 Å². The average molecular weight is 640 g/mol. The zero-order valence-corrected chi connectivity index (χ0v) is 21.4. The lowest BCUT2D eigenvalue weighted by Gasteiger charge is -2.33. The molecule has 0 atom stereocenters. The smallest absolute Gasteiger partial charge is 0.398 e. The van der Waals surface area contributed by atoms with Gasteiger partial charge in [0.25, 0.3) is 11.2 Å². The number of anilines is 2. The first-order valence-corrected chi connectivity index (χ1v) is 12.1. The van der Waals surface area contributed by atoms with Gasteiger partial charge in [0.1, 0.15) is 0 Å². The van der Waals surface area contributed by atoms with E-state index in [9.17, 15) is 62.9 Å². The van der Waals surface area contributed by atoms with Gasteiger partial charge in [-0.3, -0.25) is 0 Å². The first kappa shape index (κ1) is 31.3. The quantitative estimate of drug-likeness (QED) is 0.0892. The summed E-state index contributed by atoms with van der Waals surface area (Å²) in [4.78, 5) is 0. The van der Waals surface area contributed by atoms with Crippen molar-refractivity contribution in [3.63, 3.8) is 0 Å². The Labute approximate surface area is 237 Å². The summed E-state index contributed by atoms with van der Waals surface area (Å²) in [6.07, 6.45) is -24.8. The van der Waals surface area contributed by atoms with Gasteiger partial charge in [-0.2, -0.15) is 52.7 Å². The molecule has 0 spiro atoms. The van der Waals surface area contributed by atoms with Gasteiger partial charge in [-0.15, -0.1) is 0 Å². The largest absolute Gasteiger partial charge is 0.430 e. The van der Waals surface area contributed by atoms with Crippen LogP contribution in [-0.2, 0) is 11.2 Å². The number of benzene rings is 5. The van der Waals surface area contributed by atoms with Crippen molar-refractivity contribution in [1.82, 2.24) is 0 Å². The molecule has 0 saturated heterocycles. The van der Waals surface area contributed by atoms with Gasteiger partial charge in [0.2, 0.25) is 0 Å². The Morgan fingerprint density at radius 1 is 0.341 bits per heavy atom. The molecule has 0 fully saturated rings. The number of alkyl halides is 12. The van der Waals surface area contributed by atoms with E-state index in [0.29, 0.717) is 22.9 Å². The van der Waals surface area contributed by atoms with Crippen LogP contribution in [0.1, 0.15) is 11.1 Å². The van der Waals surface area contributed by atoms with E-state index in [4.69, 9.17) is 11.5 Å². The molecule has 0 aromatic heterocycles. The lowest BCUT2D eigenvalue weighted by molar-refractivity contribution is -0.376. The fourth-order valence-electron chi connectivity index (χ4n) is 5.20. The normalized spacial score (nSPS) is 14.3. The molecule has 0 amide bonds. The molecule has 0 unspecified atom stereocenters. The molecular formula is C28H16F12N2O2. The number of fused-ring (bicyclic) bond motifs is 4. The second-order valence-electron chi connectivity index (χ2n) is 10.2. The van der Waals surface area contributed by atoms with E-state index in [1.807, 2.05) is 0 Å². The van der Waals surface area contributed by atoms with Gasteiger partial charge in [0, 0.05) is 22.5 Å². The molecule has 5 rings (SSSR count). The number of hydrogen-bond acceptors (Lipinski definition) is 4. The highest BCUT2D eigenvalue weighted by Gasteiger charge is 2.73. The number of aliphatic hydroxyl groups is 2. The lowest BCUT2D eigenvalue weighted by atomic mass is 9.87. The highest BCUT2D eigenvalue weighted by Crippen LogP contribution is 2.53. The van der Waals surface area contributed by atoms with E-state index in [-0.39, 0.29) is 32.3 Å². The first-order valence-electron chi connectivity index (χ1n) is 12.1. The number of nitrogen functional groups attached to an aromatic ring is 2. The van der Waals surface area contributed by atoms with Crippen LogP contribution < -0.4 is 11.5 Å². The summed E-state index contributed by atoms with van der Waals surface area (Å²) in [7, 11) is 0. The van der Waals surface area contributed by atoms with Crippen molar-refractivity contribution in [2.45, 2.75) is 35.9 Å². The average Bonchev–Trinajstić information content (AvgIpc) is 2.85. The van der Waals surface area contributed by atoms with Gasteiger partial charge in [0.15, 0.2) is 0 Å². The highest BCUT2D eigenvalue weighted by molar-refractivity contribution is 6.09. The number of halogens is 12. The molecular weight excluding hydrogens is 624 g/mol. The van der Waals surface area contributed by atoms with Gasteiger partial charge in [-0.25, -0.2) is 0 Å². The standard InChI is InChI=1S/C28H16F12N2O2/c29-25(30,31)23(43,26(32,33)34)19-7-15-3-11-1-12-4-16-8-20(24(44,27(35,36)37)28(38,39)40)22(42)10-18(16)6-14(12)2-13(11)5-17(15)9-21(19)41/h1-10,43-44H,41-42H2. The van der Waals surface area contributed by atoms with Crippen LogP contribution in [-0.4, -0.2) is 34.9 Å². The molecule has 0 aliphatic rings. The minimum atomic E-state index is -6.20. The molecule has 0 aliphatic carbocycles. The van der Waals surface area contributed by atoms with E-state index < -0.39 is 58.4 Å². The van der Waals surface area contributed by atoms with Crippen molar-refractivity contribution in [2.24, 2.45) is 0 Å². The molecule has 4 nitrogen and oxygen atoms in total. The van der Waals surface area contributed by atoms with Crippen LogP contribution in [0.3, 0.4) is 0 Å². The Morgan fingerprint density at radius 2 is 0.523 bits per heavy atom. The Balaban J connectivity index is 1.75. The van der Waals surface area contributed by atoms with Crippen LogP contribution in [0.15, 0.2) is 60.7 Å². The number of hydrogen-bond donors (Lipinski definition) is 4. The molecule has 6 N–H and O–H groups in total. The van der Waals surface area contributed by atoms with Crippen LogP contribution in [0.5, 0.6) is 0 Å². The van der Waals surface area contributed by atoms with Crippen molar-refractivity contribution in [3.8, 4) is 0 Å². The molecule has 0 radical (unpaired) electrons. The predicted molar refractivity (Wildman–Crippen MR) is 137 cm³/mol. The van der Waals surface area contributed by atoms with Crippen LogP contribution in [0.2, 0.25) is 0 Å². The van der Waals surface area contributed by atoms with E-state index in [0.717, 1.165) is 12.1 Å². The summed E-state index contributed by atoms with van der Waals surface area (Å²) >= 11 is 0. The fraction of sp³-hybridized carbons (Fsp3) is 0.214. The summed E-state index contributed by atoms with van der Waals surface area (Å²) in [5.74, 6) is 0. The molecule has 0 aliphatic heterocycles. The second-order valence-corrected chi connectivity index (χ2v) is 10.2. The zero-order valence-electron chi connectivity index (χ0n) is 21.4. The molecule has 44 heavy (non-hydrogen) atoms. The van der Waals surface area contributed by atoms with Crippen molar-refractivity contribution >= 4 is 54.5 Å². The van der Waals surface area contributed by atoms with Crippen LogP contribution in [0, 0.1) is 0 Å². The summed E-state index contributed by atoms with van der Waals surface area (Å²) < 4.78 is 162. The van der Waals surface area contributed by atoms with E-state index in [2.05, 4.69) is 0 Å². The predicted octanol–water partition coefficient (Wildman–Crippen LogP) is 8.09. The fourth-order valence-corrected chi connectivity index (χ4v) is 5.20. The maximum Gasteiger partial charge on any atom is 0.430 e. The van der Waals surface area contributed by atoms with Crippen LogP contribution in [0.4, 0.5) is 64.1 Å². The molecule has 234 valence electrons. The van der Waals surface area contributed by atoms with E-state index >= 15 is 0 Å². The molecule has 0 bridgehead atoms. The third-order valence-corrected chi connectivity index (χ3v) is 7.46. The Kier molecular flexibility index (Phi) is 6.51. The number of nitrogens with two attached hydrogens (primary N) is 2. The van der Waals surface area contributed by atoms with Gasteiger partial charge >= 0.3 is 24.7 Å². The lowest BCUT2D eigenvalue weighted by Crippen LogP contribution is -2.54. The van der Waals surface area contributed by atoms with Crippen LogP contribution >= 0.6 is 0 Å². The molecule has 0 heterocycles. The minimum absolute atomic E-state index is 0.0954. The Hall–Kier alpha value is -4.18. The van der Waals surface area contributed by atoms with Crippen molar-refractivity contribution < 1.29 is 62.9 Å². The van der Waals surface area contributed by atoms with Gasteiger partial charge in [0.05, 0.1) is 0 Å². The SMILES string of the molecule is Nc1cc2cc3cc4cc5cc(N)c(C(O)(C(F)(F)F)C(F)(F)F)cc5cc4cc3cc2cc1C(O)(C(F)(F)F)C(F)(F)F. The summed E-state index contributed by atoms with van der Waals surface area (Å²) in [5.41, 5.74) is -4.84. The van der Waals surface area contributed by atoms with Crippen molar-refractivity contribution in [2.75, 3.05) is 11.5 Å². The Bertz CT molecular complexity index is 1810. The first-order chi connectivity index (χ1) is 19.9. The zero-order chi connectivity index (χ0) is 33.0. The second kappa shape index (κ2) is 9.17. The van der Waals surface area contributed by atoms with Gasteiger partial charge in [-0.1, -0.05) is 0 Å². The third-order valence-electron chi connectivity index (χ3n) is 7.46. The van der Waals surface area contributed by atoms with Crippen molar-refractivity contribution in [3.05, 3.63) is 71.8 Å². The summed E-state index contributed by atoms with van der Waals surface area (Å²) in [6, 6.07) is 10.4. The molecule has 5 aromatic rings. The molecule has 16 heteroatoms. The maximum absolute atomic E-state index is 13.5. The topological polar surface area (TPSA) is 92.5 Å².